The maximum absolute atomic E-state index is 11.6. The topological polar surface area (TPSA) is 64.7 Å². The van der Waals surface area contributed by atoms with E-state index < -0.39 is 5.97 Å². The minimum absolute atomic E-state index is 0.189. The van der Waals surface area contributed by atoms with Crippen LogP contribution in [0.1, 0.15) is 11.1 Å². The largest absolute Gasteiger partial charge is 0.380 e. The molecule has 0 unspecified atom stereocenters. The van der Waals surface area contributed by atoms with Crippen LogP contribution in [-0.2, 0) is 9.63 Å². The highest BCUT2D eigenvalue weighted by Crippen LogP contribution is 2.16. The second kappa shape index (κ2) is 7.50. The molecule has 0 bridgehead atoms. The number of hydrogen-bond donors (Lipinski definition) is 1. The average Bonchev–Trinajstić information content (AvgIpc) is 2.51. The fraction of sp³-hybridized carbons (Fsp3) is 0.125. The predicted molar refractivity (Wildman–Crippen MR) is 85.2 cm³/mol. The number of hydrogen-bond acceptors (Lipinski definition) is 4. The van der Waals surface area contributed by atoms with Crippen LogP contribution in [0.2, 0.25) is 0 Å². The maximum atomic E-state index is 11.6. The van der Waals surface area contributed by atoms with Crippen LogP contribution >= 0.6 is 11.8 Å². The highest BCUT2D eigenvalue weighted by molar-refractivity contribution is 8.00. The number of amidine groups is 1. The van der Waals surface area contributed by atoms with Gasteiger partial charge in [-0.1, -0.05) is 47.1 Å². The number of oxime groups is 1. The van der Waals surface area contributed by atoms with Crippen molar-refractivity contribution in [3.05, 3.63) is 65.7 Å². The van der Waals surface area contributed by atoms with Crippen molar-refractivity contribution in [3.8, 4) is 0 Å². The minimum atomic E-state index is -0.431. The van der Waals surface area contributed by atoms with Crippen LogP contribution in [0.4, 0.5) is 0 Å². The molecule has 0 aliphatic heterocycles. The van der Waals surface area contributed by atoms with Crippen molar-refractivity contribution in [2.75, 3.05) is 5.75 Å². The molecule has 2 N–H and O–H groups in total. The Morgan fingerprint density at radius 2 is 1.95 bits per heavy atom. The molecule has 108 valence electrons. The molecule has 2 aromatic rings. The lowest BCUT2D eigenvalue weighted by molar-refractivity contribution is -0.140. The Morgan fingerprint density at radius 3 is 2.67 bits per heavy atom. The molecule has 2 aromatic carbocycles. The zero-order valence-electron chi connectivity index (χ0n) is 11.7. The number of thioether (sulfide) groups is 1. The summed E-state index contributed by atoms with van der Waals surface area (Å²) >= 11 is 1.39. The highest BCUT2D eigenvalue weighted by Gasteiger charge is 2.05. The fourth-order valence-electron chi connectivity index (χ4n) is 1.64. The molecule has 0 saturated heterocycles. The Hall–Kier alpha value is -2.27. The second-order valence-corrected chi connectivity index (χ2v) is 5.46. The van der Waals surface area contributed by atoms with Crippen LogP contribution in [0.15, 0.2) is 64.6 Å². The van der Waals surface area contributed by atoms with Gasteiger partial charge < -0.3 is 10.6 Å². The van der Waals surface area contributed by atoms with Gasteiger partial charge in [0, 0.05) is 10.5 Å². The Labute approximate surface area is 128 Å². The first-order valence-electron chi connectivity index (χ1n) is 6.43. The molecule has 0 amide bonds. The lowest BCUT2D eigenvalue weighted by Gasteiger charge is -2.02. The summed E-state index contributed by atoms with van der Waals surface area (Å²) in [5.41, 5.74) is 7.59. The molecule has 4 nitrogen and oxygen atoms in total. The minimum Gasteiger partial charge on any atom is -0.380 e. The lowest BCUT2D eigenvalue weighted by atomic mass is 10.1. The molecule has 5 heteroatoms. The molecule has 0 fully saturated rings. The van der Waals surface area contributed by atoms with Crippen LogP contribution in [0.3, 0.4) is 0 Å². The van der Waals surface area contributed by atoms with Crippen molar-refractivity contribution in [2.24, 2.45) is 10.9 Å². The van der Waals surface area contributed by atoms with Crippen molar-refractivity contribution in [2.45, 2.75) is 11.8 Å². The number of aryl methyl sites for hydroxylation is 1. The van der Waals surface area contributed by atoms with Gasteiger partial charge in [0.1, 0.15) is 0 Å². The Bertz CT molecular complexity index is 642. The van der Waals surface area contributed by atoms with Gasteiger partial charge in [0.15, 0.2) is 5.84 Å². The van der Waals surface area contributed by atoms with E-state index in [0.717, 1.165) is 16.0 Å². The molecule has 0 saturated carbocycles. The first-order chi connectivity index (χ1) is 10.1. The van der Waals surface area contributed by atoms with Gasteiger partial charge in [-0.05, 0) is 25.1 Å². The Balaban J connectivity index is 1.87. The Morgan fingerprint density at radius 1 is 1.19 bits per heavy atom. The van der Waals surface area contributed by atoms with Crippen LogP contribution in [-0.4, -0.2) is 17.6 Å². The summed E-state index contributed by atoms with van der Waals surface area (Å²) in [6, 6.07) is 17.2. The van der Waals surface area contributed by atoms with Crippen LogP contribution < -0.4 is 5.73 Å². The summed E-state index contributed by atoms with van der Waals surface area (Å²) in [4.78, 5) is 17.4. The third-order valence-electron chi connectivity index (χ3n) is 2.66. The molecule has 0 aromatic heterocycles. The van der Waals surface area contributed by atoms with Crippen LogP contribution in [0.5, 0.6) is 0 Å². The fourth-order valence-corrected chi connectivity index (χ4v) is 2.33. The molecule has 0 spiro atoms. The van der Waals surface area contributed by atoms with Gasteiger partial charge in [0.2, 0.25) is 0 Å². The van der Waals surface area contributed by atoms with E-state index in [-0.39, 0.29) is 11.6 Å². The van der Waals surface area contributed by atoms with E-state index in [9.17, 15) is 4.79 Å². The van der Waals surface area contributed by atoms with Gasteiger partial charge in [-0.2, -0.15) is 0 Å². The number of carbonyl (C=O) groups is 1. The van der Waals surface area contributed by atoms with Gasteiger partial charge in [-0.15, -0.1) is 11.8 Å². The van der Waals surface area contributed by atoms with Crippen molar-refractivity contribution < 1.29 is 9.63 Å². The zero-order chi connectivity index (χ0) is 15.1. The molecular weight excluding hydrogens is 284 g/mol. The number of carbonyl (C=O) groups excluding carboxylic acids is 1. The molecule has 0 radical (unpaired) electrons. The molecule has 0 heterocycles. The summed E-state index contributed by atoms with van der Waals surface area (Å²) in [5.74, 6) is -0.0505. The summed E-state index contributed by atoms with van der Waals surface area (Å²) in [6.07, 6.45) is 0. The normalized spacial score (nSPS) is 11.2. The number of rotatable bonds is 5. The molecule has 21 heavy (non-hydrogen) atoms. The van der Waals surface area contributed by atoms with Gasteiger partial charge in [-0.25, -0.2) is 4.79 Å². The quantitative estimate of drug-likeness (QED) is 0.303. The van der Waals surface area contributed by atoms with E-state index in [4.69, 9.17) is 10.6 Å². The molecule has 0 aliphatic carbocycles. The third-order valence-corrected chi connectivity index (χ3v) is 3.65. The smallest absolute Gasteiger partial charge is 0.345 e. The molecule has 0 atom stereocenters. The van der Waals surface area contributed by atoms with Gasteiger partial charge >= 0.3 is 5.97 Å². The molecule has 2 rings (SSSR count). The van der Waals surface area contributed by atoms with E-state index in [1.54, 1.807) is 0 Å². The summed E-state index contributed by atoms with van der Waals surface area (Å²) in [5, 5.41) is 3.68. The maximum Gasteiger partial charge on any atom is 0.345 e. The number of nitrogens with zero attached hydrogens (tertiary/aromatic N) is 1. The van der Waals surface area contributed by atoms with E-state index in [2.05, 4.69) is 5.16 Å². The monoisotopic (exact) mass is 300 g/mol. The average molecular weight is 300 g/mol. The van der Waals surface area contributed by atoms with Crippen LogP contribution in [0, 0.1) is 6.92 Å². The first kappa shape index (κ1) is 15.1. The van der Waals surface area contributed by atoms with Crippen molar-refractivity contribution in [3.63, 3.8) is 0 Å². The van der Waals surface area contributed by atoms with Gasteiger partial charge in [0.05, 0.1) is 5.75 Å². The zero-order valence-corrected chi connectivity index (χ0v) is 12.5. The predicted octanol–water partition coefficient (Wildman–Crippen LogP) is 2.95. The van der Waals surface area contributed by atoms with Crippen molar-refractivity contribution >= 4 is 23.6 Å². The summed E-state index contributed by atoms with van der Waals surface area (Å²) < 4.78 is 0. The number of nitrogens with two attached hydrogens (primary N) is 1. The van der Waals surface area contributed by atoms with E-state index in [1.165, 1.54) is 11.8 Å². The van der Waals surface area contributed by atoms with Gasteiger partial charge in [0.25, 0.3) is 0 Å². The SMILES string of the molecule is Cc1cccc(/C(N)=N/OC(=O)CSc2ccccc2)c1. The Kier molecular flexibility index (Phi) is 5.40. The standard InChI is InChI=1S/C16H16N2O2S/c1-12-6-5-7-13(10-12)16(17)18-20-15(19)11-21-14-8-3-2-4-9-14/h2-10H,11H2,1H3,(H2,17,18). The van der Waals surface area contributed by atoms with E-state index in [0.29, 0.717) is 0 Å². The second-order valence-electron chi connectivity index (χ2n) is 4.41. The van der Waals surface area contributed by atoms with E-state index >= 15 is 0 Å². The summed E-state index contributed by atoms with van der Waals surface area (Å²) in [6.45, 7) is 1.96. The van der Waals surface area contributed by atoms with Crippen molar-refractivity contribution in [1.29, 1.82) is 0 Å². The third kappa shape index (κ3) is 4.96. The molecule has 0 aliphatic rings. The lowest BCUT2D eigenvalue weighted by Crippen LogP contribution is -2.15. The van der Waals surface area contributed by atoms with Crippen LogP contribution in [0.25, 0.3) is 0 Å². The van der Waals surface area contributed by atoms with Gasteiger partial charge in [-0.3, -0.25) is 0 Å². The van der Waals surface area contributed by atoms with Crippen molar-refractivity contribution in [1.82, 2.24) is 0 Å². The number of benzene rings is 2. The van der Waals surface area contributed by atoms with E-state index in [1.807, 2.05) is 61.5 Å². The summed E-state index contributed by atoms with van der Waals surface area (Å²) in [7, 11) is 0. The first-order valence-corrected chi connectivity index (χ1v) is 7.42. The molecular formula is C16H16N2O2S. The highest BCUT2D eigenvalue weighted by atomic mass is 32.2.